The van der Waals surface area contributed by atoms with Gasteiger partial charge in [-0.3, -0.25) is 9.78 Å². The number of carbonyl (C=O) groups is 2. The van der Waals surface area contributed by atoms with E-state index in [2.05, 4.69) is 33.9 Å². The molecule has 9 heteroatoms. The van der Waals surface area contributed by atoms with Crippen LogP contribution in [-0.2, 0) is 4.74 Å². The van der Waals surface area contributed by atoms with E-state index in [9.17, 15) is 9.59 Å². The zero-order valence-corrected chi connectivity index (χ0v) is 18.7. The zero-order valence-electron chi connectivity index (χ0n) is 16.3. The van der Waals surface area contributed by atoms with Crippen molar-refractivity contribution in [2.24, 2.45) is 0 Å². The van der Waals surface area contributed by atoms with Crippen LogP contribution < -0.4 is 5.32 Å². The Labute approximate surface area is 181 Å². The van der Waals surface area contributed by atoms with Crippen molar-refractivity contribution in [3.63, 3.8) is 0 Å². The first-order chi connectivity index (χ1) is 14.0. The molecule has 3 aromatic rings. The van der Waals surface area contributed by atoms with Crippen LogP contribution in [0.1, 0.15) is 34.7 Å². The minimum absolute atomic E-state index is 0.223. The van der Waals surface area contributed by atoms with E-state index in [1.54, 1.807) is 23.1 Å². The molecule has 0 atom stereocenters. The number of ether oxygens (including phenoxy) is 1. The van der Waals surface area contributed by atoms with Gasteiger partial charge in [0.1, 0.15) is 5.69 Å². The van der Waals surface area contributed by atoms with Gasteiger partial charge in [0, 0.05) is 23.4 Å². The van der Waals surface area contributed by atoms with Crippen LogP contribution >= 0.6 is 34.9 Å². The highest BCUT2D eigenvalue weighted by Crippen LogP contribution is 2.32. The van der Waals surface area contributed by atoms with Gasteiger partial charge < -0.3 is 10.1 Å². The minimum Gasteiger partial charge on any atom is -0.465 e. The topological polar surface area (TPSA) is 81.2 Å². The maximum atomic E-state index is 12.4. The zero-order chi connectivity index (χ0) is 20.8. The van der Waals surface area contributed by atoms with E-state index >= 15 is 0 Å². The monoisotopic (exact) mass is 447 g/mol. The predicted octanol–water partition coefficient (Wildman–Crippen LogP) is 4.96. The fourth-order valence-corrected chi connectivity index (χ4v) is 5.44. The number of rotatable bonds is 8. The van der Waals surface area contributed by atoms with Gasteiger partial charge in [-0.2, -0.15) is 11.8 Å². The Hall–Kier alpha value is -2.10. The number of nitrogens with zero attached hydrogens (tertiary/aromatic N) is 2. The normalized spacial score (nSPS) is 11.0. The molecule has 3 rings (SSSR count). The van der Waals surface area contributed by atoms with E-state index < -0.39 is 5.97 Å². The van der Waals surface area contributed by atoms with Crippen molar-refractivity contribution >= 4 is 62.6 Å². The third-order valence-electron chi connectivity index (χ3n) is 3.80. The molecule has 1 amide bonds. The smallest absolute Gasteiger partial charge is 0.339 e. The van der Waals surface area contributed by atoms with Crippen molar-refractivity contribution in [1.29, 1.82) is 0 Å². The van der Waals surface area contributed by atoms with Crippen LogP contribution in [0.4, 0.5) is 5.69 Å². The van der Waals surface area contributed by atoms with E-state index in [1.165, 1.54) is 25.4 Å². The van der Waals surface area contributed by atoms with E-state index in [1.807, 2.05) is 30.0 Å². The summed E-state index contributed by atoms with van der Waals surface area (Å²) in [5, 5.41) is 3.48. The van der Waals surface area contributed by atoms with Gasteiger partial charge in [-0.25, -0.2) is 9.78 Å². The first-order valence-corrected chi connectivity index (χ1v) is 11.8. The second kappa shape index (κ2) is 10.1. The first-order valence-electron chi connectivity index (χ1n) is 8.97. The third kappa shape index (κ3) is 5.94. The number of esters is 1. The Morgan fingerprint density at radius 1 is 1.21 bits per heavy atom. The fraction of sp³-hybridized carbons (Fsp3) is 0.300. The lowest BCUT2D eigenvalue weighted by Gasteiger charge is -2.05. The maximum Gasteiger partial charge on any atom is 0.339 e. The summed E-state index contributed by atoms with van der Waals surface area (Å²) in [5.74, 6) is 1.29. The summed E-state index contributed by atoms with van der Waals surface area (Å²) >= 11 is 5.33. The molecular formula is C20H21N3O3S3. The molecule has 6 nitrogen and oxygen atoms in total. The molecule has 1 N–H and O–H groups in total. The fourth-order valence-electron chi connectivity index (χ4n) is 2.42. The highest BCUT2D eigenvalue weighted by atomic mass is 32.2. The molecule has 2 heterocycles. The number of benzene rings is 1. The first kappa shape index (κ1) is 21.6. The Morgan fingerprint density at radius 2 is 2.03 bits per heavy atom. The summed E-state index contributed by atoms with van der Waals surface area (Å²) < 4.78 is 6.69. The molecule has 2 aromatic heterocycles. The van der Waals surface area contributed by atoms with Crippen molar-refractivity contribution in [3.05, 3.63) is 47.8 Å². The number of nitrogens with one attached hydrogen (secondary N) is 1. The molecule has 0 saturated carbocycles. The lowest BCUT2D eigenvalue weighted by atomic mass is 10.2. The van der Waals surface area contributed by atoms with Gasteiger partial charge >= 0.3 is 5.97 Å². The summed E-state index contributed by atoms with van der Waals surface area (Å²) in [7, 11) is 1.30. The standard InChI is InChI=1S/C20H21N3O3S3/c1-12(2)27-8-9-28-20-23-15-7-5-14(10-17(15)29-20)22-18(24)16-6-4-13(11-21-16)19(25)26-3/h4-7,10-12H,8-9H2,1-3H3,(H,22,24). The van der Waals surface area contributed by atoms with Gasteiger partial charge in [-0.1, -0.05) is 25.6 Å². The van der Waals surface area contributed by atoms with E-state index in [0.717, 1.165) is 26.1 Å². The van der Waals surface area contributed by atoms with Crippen molar-refractivity contribution < 1.29 is 14.3 Å². The maximum absolute atomic E-state index is 12.4. The van der Waals surface area contributed by atoms with Crippen molar-refractivity contribution in [3.8, 4) is 0 Å². The number of fused-ring (bicyclic) bond motifs is 1. The van der Waals surface area contributed by atoms with E-state index in [0.29, 0.717) is 16.5 Å². The van der Waals surface area contributed by atoms with Gasteiger partial charge in [0.15, 0.2) is 4.34 Å². The van der Waals surface area contributed by atoms with E-state index in [-0.39, 0.29) is 11.6 Å². The Morgan fingerprint density at radius 3 is 2.72 bits per heavy atom. The van der Waals surface area contributed by atoms with Crippen LogP contribution in [0.25, 0.3) is 10.2 Å². The largest absolute Gasteiger partial charge is 0.465 e. The van der Waals surface area contributed by atoms with Gasteiger partial charge in [-0.15, -0.1) is 11.3 Å². The number of amides is 1. The lowest BCUT2D eigenvalue weighted by molar-refractivity contribution is 0.0600. The van der Waals surface area contributed by atoms with Gasteiger partial charge in [0.2, 0.25) is 0 Å². The van der Waals surface area contributed by atoms with Crippen molar-refractivity contribution in [1.82, 2.24) is 9.97 Å². The molecule has 0 fully saturated rings. The number of thiazole rings is 1. The number of hydrogen-bond acceptors (Lipinski definition) is 8. The average Bonchev–Trinajstić information content (AvgIpc) is 3.12. The van der Waals surface area contributed by atoms with E-state index in [4.69, 9.17) is 0 Å². The molecule has 0 bridgehead atoms. The van der Waals surface area contributed by atoms with Gasteiger partial charge in [0.25, 0.3) is 5.91 Å². The number of carbonyl (C=O) groups excluding carboxylic acids is 2. The molecule has 0 aliphatic carbocycles. The molecule has 29 heavy (non-hydrogen) atoms. The Kier molecular flexibility index (Phi) is 7.51. The summed E-state index contributed by atoms with van der Waals surface area (Å²) in [5.41, 5.74) is 2.12. The predicted molar refractivity (Wildman–Crippen MR) is 121 cm³/mol. The number of anilines is 1. The molecule has 0 saturated heterocycles. The summed E-state index contributed by atoms with van der Waals surface area (Å²) in [6.07, 6.45) is 1.33. The minimum atomic E-state index is -0.489. The molecule has 0 unspecified atom stereocenters. The molecular weight excluding hydrogens is 426 g/mol. The highest BCUT2D eigenvalue weighted by molar-refractivity contribution is 8.04. The number of hydrogen-bond donors (Lipinski definition) is 1. The molecule has 0 aliphatic heterocycles. The lowest BCUT2D eigenvalue weighted by Crippen LogP contribution is -2.14. The van der Waals surface area contributed by atoms with Crippen LogP contribution in [0.3, 0.4) is 0 Å². The summed E-state index contributed by atoms with van der Waals surface area (Å²) in [6, 6.07) is 8.66. The third-order valence-corrected chi connectivity index (χ3v) is 7.33. The van der Waals surface area contributed by atoms with Crippen LogP contribution in [0, 0.1) is 0 Å². The van der Waals surface area contributed by atoms with Crippen LogP contribution in [0.5, 0.6) is 0 Å². The highest BCUT2D eigenvalue weighted by Gasteiger charge is 2.12. The number of pyridine rings is 1. The second-order valence-electron chi connectivity index (χ2n) is 6.31. The number of thioether (sulfide) groups is 2. The molecule has 0 aliphatic rings. The molecule has 1 aromatic carbocycles. The van der Waals surface area contributed by atoms with Gasteiger partial charge in [0.05, 0.1) is 22.9 Å². The second-order valence-corrected chi connectivity index (χ2v) is 10.4. The van der Waals surface area contributed by atoms with Crippen molar-refractivity contribution in [2.75, 3.05) is 23.9 Å². The van der Waals surface area contributed by atoms with Gasteiger partial charge in [-0.05, 0) is 35.6 Å². The molecule has 0 radical (unpaired) electrons. The Balaban J connectivity index is 1.64. The summed E-state index contributed by atoms with van der Waals surface area (Å²) in [4.78, 5) is 32.6. The molecule has 0 spiro atoms. The molecule has 152 valence electrons. The van der Waals surface area contributed by atoms with Crippen molar-refractivity contribution in [2.45, 2.75) is 23.4 Å². The van der Waals surface area contributed by atoms with Crippen LogP contribution in [0.2, 0.25) is 0 Å². The quantitative estimate of drug-likeness (QED) is 0.297. The average molecular weight is 448 g/mol. The number of methoxy groups -OCH3 is 1. The SMILES string of the molecule is COC(=O)c1ccc(C(=O)Nc2ccc3nc(SCCSC(C)C)sc3c2)nc1. The number of aromatic nitrogens is 2. The Bertz CT molecular complexity index is 1000. The van der Waals surface area contributed by atoms with Crippen LogP contribution in [0.15, 0.2) is 40.9 Å². The van der Waals surface area contributed by atoms with Crippen LogP contribution in [-0.4, -0.2) is 45.7 Å². The summed E-state index contributed by atoms with van der Waals surface area (Å²) in [6.45, 7) is 4.40.